The maximum Gasteiger partial charge on any atom is 0.416 e. The summed E-state index contributed by atoms with van der Waals surface area (Å²) in [4.78, 5) is 2.09. The second-order valence-electron chi connectivity index (χ2n) is 4.64. The summed E-state index contributed by atoms with van der Waals surface area (Å²) in [5.41, 5.74) is 2.13. The highest BCUT2D eigenvalue weighted by molar-refractivity contribution is 8.02. The summed E-state index contributed by atoms with van der Waals surface area (Å²) in [7, 11) is 0. The normalized spacial score (nSPS) is 15.2. The van der Waals surface area contributed by atoms with E-state index in [1.165, 1.54) is 12.1 Å². The molecule has 0 fully saturated rings. The zero-order valence-electron chi connectivity index (χ0n) is 11.0. The van der Waals surface area contributed by atoms with Crippen LogP contribution in [0.25, 0.3) is 5.70 Å². The average Bonchev–Trinajstić information content (AvgIpc) is 2.97. The number of hydrogen-bond donors (Lipinski definition) is 0. The SMILES string of the molecule is FC(F)(F)c1ccc(C2=CSCN2c2ccccc2)cc1. The first-order valence-electron chi connectivity index (χ1n) is 6.38. The van der Waals surface area contributed by atoms with Gasteiger partial charge in [0.15, 0.2) is 0 Å². The number of nitrogens with zero attached hydrogens (tertiary/aromatic N) is 1. The van der Waals surface area contributed by atoms with E-state index in [1.807, 2.05) is 35.7 Å². The van der Waals surface area contributed by atoms with E-state index in [4.69, 9.17) is 0 Å². The van der Waals surface area contributed by atoms with E-state index in [-0.39, 0.29) is 0 Å². The van der Waals surface area contributed by atoms with Gasteiger partial charge in [-0.1, -0.05) is 30.3 Å². The standard InChI is InChI=1S/C16H12F3NS/c17-16(18,19)13-8-6-12(7-9-13)15-10-21-11-20(15)14-4-2-1-3-5-14/h1-10H,11H2. The summed E-state index contributed by atoms with van der Waals surface area (Å²) >= 11 is 1.63. The molecule has 0 aliphatic carbocycles. The Morgan fingerprint density at radius 1 is 0.905 bits per heavy atom. The monoisotopic (exact) mass is 307 g/mol. The molecule has 0 unspecified atom stereocenters. The Balaban J connectivity index is 1.89. The highest BCUT2D eigenvalue weighted by Crippen LogP contribution is 2.36. The highest BCUT2D eigenvalue weighted by Gasteiger charge is 2.30. The van der Waals surface area contributed by atoms with Gasteiger partial charge in [0.25, 0.3) is 0 Å². The van der Waals surface area contributed by atoms with Gasteiger partial charge in [-0.05, 0) is 35.2 Å². The molecule has 0 bridgehead atoms. The van der Waals surface area contributed by atoms with Crippen molar-refractivity contribution in [1.82, 2.24) is 0 Å². The Hall–Kier alpha value is -1.88. The van der Waals surface area contributed by atoms with Crippen LogP contribution in [0.4, 0.5) is 18.9 Å². The Kier molecular flexibility index (Phi) is 3.68. The molecule has 0 saturated carbocycles. The predicted octanol–water partition coefficient (Wildman–Crippen LogP) is 5.21. The minimum absolute atomic E-state index is 0.622. The molecule has 108 valence electrons. The van der Waals surface area contributed by atoms with Gasteiger partial charge in [-0.15, -0.1) is 11.8 Å². The third kappa shape index (κ3) is 2.93. The van der Waals surface area contributed by atoms with Crippen molar-refractivity contribution in [3.8, 4) is 0 Å². The molecule has 0 N–H and O–H groups in total. The van der Waals surface area contributed by atoms with Gasteiger partial charge in [0.2, 0.25) is 0 Å². The van der Waals surface area contributed by atoms with Crippen molar-refractivity contribution in [3.05, 3.63) is 71.1 Å². The van der Waals surface area contributed by atoms with Crippen molar-refractivity contribution in [2.45, 2.75) is 6.18 Å². The van der Waals surface area contributed by atoms with Gasteiger partial charge in [-0.3, -0.25) is 0 Å². The lowest BCUT2D eigenvalue weighted by atomic mass is 10.1. The fraction of sp³-hybridized carbons (Fsp3) is 0.125. The van der Waals surface area contributed by atoms with Crippen LogP contribution >= 0.6 is 11.8 Å². The van der Waals surface area contributed by atoms with E-state index in [0.29, 0.717) is 0 Å². The van der Waals surface area contributed by atoms with Crippen LogP contribution in [0, 0.1) is 0 Å². The molecule has 5 heteroatoms. The van der Waals surface area contributed by atoms with Crippen LogP contribution in [0.5, 0.6) is 0 Å². The Morgan fingerprint density at radius 2 is 1.57 bits per heavy atom. The summed E-state index contributed by atoms with van der Waals surface area (Å²) in [6.07, 6.45) is -4.30. The van der Waals surface area contributed by atoms with Crippen LogP contribution in [0.15, 0.2) is 60.0 Å². The second kappa shape index (κ2) is 5.48. The second-order valence-corrected chi connectivity index (χ2v) is 5.46. The molecular formula is C16H12F3NS. The number of benzene rings is 2. The molecule has 1 heterocycles. The molecule has 0 aromatic heterocycles. The van der Waals surface area contributed by atoms with Gasteiger partial charge in [-0.25, -0.2) is 0 Å². The highest BCUT2D eigenvalue weighted by atomic mass is 32.2. The molecule has 1 nitrogen and oxygen atoms in total. The summed E-state index contributed by atoms with van der Waals surface area (Å²) in [6.45, 7) is 0. The minimum Gasteiger partial charge on any atom is -0.330 e. The van der Waals surface area contributed by atoms with Gasteiger partial charge in [0.1, 0.15) is 0 Å². The number of rotatable bonds is 2. The average molecular weight is 307 g/mol. The van der Waals surface area contributed by atoms with Gasteiger partial charge < -0.3 is 4.90 Å². The van der Waals surface area contributed by atoms with Gasteiger partial charge >= 0.3 is 6.18 Å². The van der Waals surface area contributed by atoms with Crippen molar-refractivity contribution < 1.29 is 13.2 Å². The number of para-hydroxylation sites is 1. The first-order chi connectivity index (χ1) is 10.1. The van der Waals surface area contributed by atoms with Crippen LogP contribution in [0.2, 0.25) is 0 Å². The molecule has 2 aromatic carbocycles. The van der Waals surface area contributed by atoms with Crippen molar-refractivity contribution in [2.75, 3.05) is 10.8 Å². The molecule has 1 aliphatic rings. The smallest absolute Gasteiger partial charge is 0.330 e. The first-order valence-corrected chi connectivity index (χ1v) is 7.42. The maximum atomic E-state index is 12.6. The topological polar surface area (TPSA) is 3.24 Å². The molecule has 0 atom stereocenters. The predicted molar refractivity (Wildman–Crippen MR) is 80.8 cm³/mol. The molecule has 0 spiro atoms. The Labute approximate surface area is 125 Å². The Bertz CT molecular complexity index is 647. The third-order valence-electron chi connectivity index (χ3n) is 3.27. The molecule has 0 amide bonds. The summed E-state index contributed by atoms with van der Waals surface area (Å²) in [5.74, 6) is 0.764. The largest absolute Gasteiger partial charge is 0.416 e. The van der Waals surface area contributed by atoms with Gasteiger partial charge in [-0.2, -0.15) is 13.2 Å². The van der Waals surface area contributed by atoms with Gasteiger partial charge in [0.05, 0.1) is 17.1 Å². The fourth-order valence-electron chi connectivity index (χ4n) is 2.20. The third-order valence-corrected chi connectivity index (χ3v) is 4.06. The van der Waals surface area contributed by atoms with E-state index >= 15 is 0 Å². The van der Waals surface area contributed by atoms with E-state index in [9.17, 15) is 13.2 Å². The van der Waals surface area contributed by atoms with Crippen molar-refractivity contribution in [3.63, 3.8) is 0 Å². The van der Waals surface area contributed by atoms with Crippen LogP contribution in [0.3, 0.4) is 0 Å². The number of alkyl halides is 3. The van der Waals surface area contributed by atoms with Crippen molar-refractivity contribution in [1.29, 1.82) is 0 Å². The lowest BCUT2D eigenvalue weighted by Crippen LogP contribution is -2.16. The Morgan fingerprint density at radius 3 is 2.19 bits per heavy atom. The zero-order valence-corrected chi connectivity index (χ0v) is 11.8. The van der Waals surface area contributed by atoms with Crippen LogP contribution in [-0.4, -0.2) is 5.88 Å². The number of halogens is 3. The minimum atomic E-state index is -4.30. The molecular weight excluding hydrogens is 295 g/mol. The van der Waals surface area contributed by atoms with Crippen LogP contribution in [0.1, 0.15) is 11.1 Å². The number of anilines is 1. The van der Waals surface area contributed by atoms with Crippen LogP contribution < -0.4 is 4.90 Å². The lowest BCUT2D eigenvalue weighted by Gasteiger charge is -2.22. The maximum absolute atomic E-state index is 12.6. The molecule has 0 saturated heterocycles. The zero-order chi connectivity index (χ0) is 14.9. The van der Waals surface area contributed by atoms with Crippen LogP contribution in [-0.2, 0) is 6.18 Å². The van der Waals surface area contributed by atoms with E-state index in [0.717, 1.165) is 35.0 Å². The molecule has 0 radical (unpaired) electrons. The van der Waals surface area contributed by atoms with E-state index in [2.05, 4.69) is 4.90 Å². The number of hydrogen-bond acceptors (Lipinski definition) is 2. The molecule has 3 rings (SSSR count). The van der Waals surface area contributed by atoms with Crippen molar-refractivity contribution >= 4 is 23.1 Å². The summed E-state index contributed by atoms with van der Waals surface area (Å²) < 4.78 is 37.8. The number of thioether (sulfide) groups is 1. The molecule has 2 aromatic rings. The molecule has 21 heavy (non-hydrogen) atoms. The lowest BCUT2D eigenvalue weighted by molar-refractivity contribution is -0.137. The summed E-state index contributed by atoms with van der Waals surface area (Å²) in [5, 5.41) is 1.98. The van der Waals surface area contributed by atoms with E-state index in [1.54, 1.807) is 11.8 Å². The fourth-order valence-corrected chi connectivity index (χ4v) is 3.13. The first kappa shape index (κ1) is 14.1. The molecule has 1 aliphatic heterocycles. The van der Waals surface area contributed by atoms with Crippen molar-refractivity contribution in [2.24, 2.45) is 0 Å². The van der Waals surface area contributed by atoms with Gasteiger partial charge in [0, 0.05) is 5.69 Å². The summed E-state index contributed by atoms with van der Waals surface area (Å²) in [6, 6.07) is 15.1. The quantitative estimate of drug-likeness (QED) is 0.749. The van der Waals surface area contributed by atoms with E-state index < -0.39 is 11.7 Å².